The monoisotopic (exact) mass is 367 g/mol. The predicted molar refractivity (Wildman–Crippen MR) is 91.8 cm³/mol. The molecule has 2 nitrogen and oxygen atoms in total. The molecule has 4 heteroatoms. The molecule has 0 aliphatic rings. The minimum Gasteiger partial charge on any atom is -0.508 e. The van der Waals surface area contributed by atoms with Gasteiger partial charge in [0.25, 0.3) is 0 Å². The summed E-state index contributed by atoms with van der Waals surface area (Å²) in [5, 5.41) is 14.4. The van der Waals surface area contributed by atoms with Crippen LogP contribution in [0.4, 0.5) is 0 Å². The largest absolute Gasteiger partial charge is 0.508 e. The Kier molecular flexibility index (Phi) is 5.68. The molecule has 1 unspecified atom stereocenters. The maximum Gasteiger partial charge on any atom is 0.120 e. The quantitative estimate of drug-likeness (QED) is 0.719. The zero-order valence-corrected chi connectivity index (χ0v) is 14.4. The number of aromatic hydroxyl groups is 1. The number of hydrogen-bond acceptors (Lipinski definition) is 2. The molecule has 2 aromatic carbocycles. The Hall–Kier alpha value is -1.03. The number of nitrogens with one attached hydrogen (secondary N) is 1. The molecular formula is C17H19BrClNO. The highest BCUT2D eigenvalue weighted by molar-refractivity contribution is 9.10. The van der Waals surface area contributed by atoms with Crippen LogP contribution in [0.1, 0.15) is 43.5 Å². The molecule has 0 heterocycles. The first-order valence-electron chi connectivity index (χ1n) is 7.01. The number of halogens is 2. The summed E-state index contributed by atoms with van der Waals surface area (Å²) in [6, 6.07) is 13.6. The van der Waals surface area contributed by atoms with Crippen molar-refractivity contribution in [2.75, 3.05) is 0 Å². The van der Waals surface area contributed by atoms with Crippen molar-refractivity contribution >= 4 is 27.5 Å². The van der Waals surface area contributed by atoms with Gasteiger partial charge in [-0.05, 0) is 49.2 Å². The van der Waals surface area contributed by atoms with E-state index in [2.05, 4.69) is 41.2 Å². The standard InChI is InChI=1S/C17H19BrClNO/c1-3-16(15-10-13(18)7-8-17(15)21)20-11(2)12-5-4-6-14(19)9-12/h4-11,16,20-21H,3H2,1-2H3/t11-,16?/m0/s1. The Balaban J connectivity index is 2.20. The topological polar surface area (TPSA) is 32.3 Å². The molecule has 0 saturated carbocycles. The summed E-state index contributed by atoms with van der Waals surface area (Å²) in [5.74, 6) is 0.316. The molecule has 0 radical (unpaired) electrons. The van der Waals surface area contributed by atoms with Crippen LogP contribution in [0, 0.1) is 0 Å². The van der Waals surface area contributed by atoms with Crippen LogP contribution in [0.25, 0.3) is 0 Å². The second-order valence-corrected chi connectivity index (χ2v) is 6.46. The molecule has 0 aliphatic carbocycles. The maximum absolute atomic E-state index is 10.1. The van der Waals surface area contributed by atoms with Gasteiger partial charge in [0.15, 0.2) is 0 Å². The van der Waals surface area contributed by atoms with Crippen molar-refractivity contribution in [1.82, 2.24) is 5.32 Å². The summed E-state index contributed by atoms with van der Waals surface area (Å²) < 4.78 is 0.964. The molecule has 0 fully saturated rings. The van der Waals surface area contributed by atoms with E-state index in [1.807, 2.05) is 30.3 Å². The molecule has 0 saturated heterocycles. The molecular weight excluding hydrogens is 350 g/mol. The molecule has 2 rings (SSSR count). The van der Waals surface area contributed by atoms with Gasteiger partial charge in [0.1, 0.15) is 5.75 Å². The number of hydrogen-bond donors (Lipinski definition) is 2. The smallest absolute Gasteiger partial charge is 0.120 e. The first-order valence-corrected chi connectivity index (χ1v) is 8.18. The van der Waals surface area contributed by atoms with Crippen molar-refractivity contribution in [3.63, 3.8) is 0 Å². The van der Waals surface area contributed by atoms with Gasteiger partial charge in [-0.1, -0.05) is 46.6 Å². The third-order valence-electron chi connectivity index (χ3n) is 3.57. The summed E-state index contributed by atoms with van der Waals surface area (Å²) >= 11 is 9.51. The molecule has 0 spiro atoms. The molecule has 21 heavy (non-hydrogen) atoms. The minimum absolute atomic E-state index is 0.0801. The molecule has 2 aromatic rings. The summed E-state index contributed by atoms with van der Waals surface area (Å²) in [5.41, 5.74) is 2.04. The first-order chi connectivity index (χ1) is 10.0. The molecule has 0 bridgehead atoms. The van der Waals surface area contributed by atoms with E-state index in [-0.39, 0.29) is 12.1 Å². The molecule has 0 aliphatic heterocycles. The maximum atomic E-state index is 10.1. The number of phenols is 1. The number of rotatable bonds is 5. The van der Waals surface area contributed by atoms with Crippen molar-refractivity contribution in [3.8, 4) is 5.75 Å². The van der Waals surface area contributed by atoms with Gasteiger partial charge in [-0.15, -0.1) is 0 Å². The average molecular weight is 369 g/mol. The third kappa shape index (κ3) is 4.22. The lowest BCUT2D eigenvalue weighted by Gasteiger charge is -2.24. The third-order valence-corrected chi connectivity index (χ3v) is 4.30. The zero-order chi connectivity index (χ0) is 15.4. The van der Waals surface area contributed by atoms with Crippen LogP contribution in [0.15, 0.2) is 46.9 Å². The molecule has 2 atom stereocenters. The van der Waals surface area contributed by atoms with E-state index < -0.39 is 0 Å². The second kappa shape index (κ2) is 7.30. The van der Waals surface area contributed by atoms with E-state index in [9.17, 15) is 5.11 Å². The van der Waals surface area contributed by atoms with E-state index in [1.165, 1.54) is 0 Å². The van der Waals surface area contributed by atoms with E-state index >= 15 is 0 Å². The van der Waals surface area contributed by atoms with Crippen LogP contribution < -0.4 is 5.32 Å². The summed E-state index contributed by atoms with van der Waals surface area (Å²) in [7, 11) is 0. The van der Waals surface area contributed by atoms with Gasteiger partial charge in [-0.3, -0.25) is 0 Å². The van der Waals surface area contributed by atoms with E-state index in [1.54, 1.807) is 6.07 Å². The van der Waals surface area contributed by atoms with Crippen molar-refractivity contribution in [2.24, 2.45) is 0 Å². The van der Waals surface area contributed by atoms with Crippen molar-refractivity contribution < 1.29 is 5.11 Å². The summed E-state index contributed by atoms with van der Waals surface area (Å²) in [4.78, 5) is 0. The van der Waals surface area contributed by atoms with Crippen LogP contribution in [-0.4, -0.2) is 5.11 Å². The second-order valence-electron chi connectivity index (χ2n) is 5.11. The van der Waals surface area contributed by atoms with Crippen molar-refractivity contribution in [1.29, 1.82) is 0 Å². The van der Waals surface area contributed by atoms with Crippen LogP contribution in [0.2, 0.25) is 5.02 Å². The number of benzene rings is 2. The van der Waals surface area contributed by atoms with Gasteiger partial charge in [0.05, 0.1) is 0 Å². The van der Waals surface area contributed by atoms with Crippen LogP contribution in [-0.2, 0) is 0 Å². The van der Waals surface area contributed by atoms with Gasteiger partial charge in [0.2, 0.25) is 0 Å². The lowest BCUT2D eigenvalue weighted by atomic mass is 10.0. The number of phenolic OH excluding ortho intramolecular Hbond substituents is 1. The molecule has 0 aromatic heterocycles. The van der Waals surface area contributed by atoms with Gasteiger partial charge < -0.3 is 10.4 Å². The van der Waals surface area contributed by atoms with Crippen LogP contribution in [0.3, 0.4) is 0 Å². The Bertz CT molecular complexity index is 617. The van der Waals surface area contributed by atoms with Gasteiger partial charge in [0, 0.05) is 27.1 Å². The highest BCUT2D eigenvalue weighted by Gasteiger charge is 2.17. The lowest BCUT2D eigenvalue weighted by Crippen LogP contribution is -2.24. The van der Waals surface area contributed by atoms with E-state index in [0.717, 1.165) is 27.0 Å². The highest BCUT2D eigenvalue weighted by atomic mass is 79.9. The lowest BCUT2D eigenvalue weighted by molar-refractivity contribution is 0.419. The fraction of sp³-hybridized carbons (Fsp3) is 0.294. The minimum atomic E-state index is 0.0801. The fourth-order valence-corrected chi connectivity index (χ4v) is 2.98. The molecule has 2 N–H and O–H groups in total. The predicted octanol–water partition coefficient (Wildman–Crippen LogP) is 5.61. The first kappa shape index (κ1) is 16.3. The fourth-order valence-electron chi connectivity index (χ4n) is 2.41. The summed E-state index contributed by atoms with van der Waals surface area (Å²) in [6.45, 7) is 4.20. The normalized spacial score (nSPS) is 13.9. The van der Waals surface area contributed by atoms with E-state index in [0.29, 0.717) is 5.75 Å². The van der Waals surface area contributed by atoms with Crippen molar-refractivity contribution in [3.05, 3.63) is 63.1 Å². The Morgan fingerprint density at radius 3 is 2.67 bits per heavy atom. The van der Waals surface area contributed by atoms with Crippen molar-refractivity contribution in [2.45, 2.75) is 32.4 Å². The highest BCUT2D eigenvalue weighted by Crippen LogP contribution is 2.31. The van der Waals surface area contributed by atoms with Gasteiger partial charge >= 0.3 is 0 Å². The molecule has 112 valence electrons. The Morgan fingerprint density at radius 1 is 1.24 bits per heavy atom. The summed E-state index contributed by atoms with van der Waals surface area (Å²) in [6.07, 6.45) is 0.884. The van der Waals surface area contributed by atoms with E-state index in [4.69, 9.17) is 11.6 Å². The zero-order valence-electron chi connectivity index (χ0n) is 12.1. The van der Waals surface area contributed by atoms with Gasteiger partial charge in [-0.2, -0.15) is 0 Å². The Labute approximate surface area is 139 Å². The van der Waals surface area contributed by atoms with Gasteiger partial charge in [-0.25, -0.2) is 0 Å². The SMILES string of the molecule is CCC(N[C@@H](C)c1cccc(Cl)c1)c1cc(Br)ccc1O. The molecule has 0 amide bonds. The van der Waals surface area contributed by atoms with Crippen LogP contribution in [0.5, 0.6) is 5.75 Å². The Morgan fingerprint density at radius 2 is 2.00 bits per heavy atom. The van der Waals surface area contributed by atoms with Crippen LogP contribution >= 0.6 is 27.5 Å². The average Bonchev–Trinajstić information content (AvgIpc) is 2.47.